The molecule has 3 nitrogen and oxygen atoms in total. The third-order valence-electron chi connectivity index (χ3n) is 3.22. The average Bonchev–Trinajstić information content (AvgIpc) is 2.47. The lowest BCUT2D eigenvalue weighted by Gasteiger charge is -2.18. The van der Waals surface area contributed by atoms with Crippen LogP contribution in [0.3, 0.4) is 0 Å². The minimum Gasteiger partial charge on any atom is -0.494 e. The normalized spacial score (nSPS) is 12.2. The molecule has 0 bridgehead atoms. The van der Waals surface area contributed by atoms with Gasteiger partial charge in [0.05, 0.1) is 13.2 Å². The van der Waals surface area contributed by atoms with Gasteiger partial charge in [-0.05, 0) is 41.8 Å². The topological polar surface area (TPSA) is 47.3 Å². The summed E-state index contributed by atoms with van der Waals surface area (Å²) < 4.78 is 31.4. The van der Waals surface area contributed by atoms with Crippen molar-refractivity contribution in [1.82, 2.24) is 5.43 Å². The summed E-state index contributed by atoms with van der Waals surface area (Å²) in [7, 11) is 1.39. The highest BCUT2D eigenvalue weighted by Crippen LogP contribution is 2.27. The molecule has 0 aliphatic heterocycles. The van der Waals surface area contributed by atoms with Gasteiger partial charge in [-0.1, -0.05) is 23.7 Å². The monoisotopic (exact) mass is 312 g/mol. The second-order valence-electron chi connectivity index (χ2n) is 4.55. The Kier molecular flexibility index (Phi) is 5.12. The van der Waals surface area contributed by atoms with E-state index < -0.39 is 11.6 Å². The van der Waals surface area contributed by atoms with Gasteiger partial charge < -0.3 is 4.74 Å². The fourth-order valence-electron chi connectivity index (χ4n) is 2.07. The summed E-state index contributed by atoms with van der Waals surface area (Å²) >= 11 is 6.01. The number of hydrazine groups is 1. The van der Waals surface area contributed by atoms with Gasteiger partial charge in [0.25, 0.3) is 0 Å². The highest BCUT2D eigenvalue weighted by molar-refractivity contribution is 6.31. The molecular formula is C15H15ClF2N2O. The number of nitrogens with two attached hydrogens (primary N) is 1. The highest BCUT2D eigenvalue weighted by Gasteiger charge is 2.15. The maximum atomic E-state index is 13.4. The zero-order valence-corrected chi connectivity index (χ0v) is 12.1. The third-order valence-corrected chi connectivity index (χ3v) is 3.57. The van der Waals surface area contributed by atoms with E-state index in [-0.39, 0.29) is 11.8 Å². The van der Waals surface area contributed by atoms with Crippen LogP contribution < -0.4 is 16.0 Å². The zero-order chi connectivity index (χ0) is 15.4. The Hall–Kier alpha value is -1.69. The molecule has 0 fully saturated rings. The van der Waals surface area contributed by atoms with Crippen molar-refractivity contribution in [2.75, 3.05) is 7.11 Å². The number of halogens is 3. The first-order valence-electron chi connectivity index (χ1n) is 6.28. The first-order chi connectivity index (χ1) is 10.0. The Bertz CT molecular complexity index is 637. The first-order valence-corrected chi connectivity index (χ1v) is 6.66. The first kappa shape index (κ1) is 15.7. The standard InChI is InChI=1S/C15H15ClF2N2O/c1-21-15-7-10(3-5-13(15)18)14(20-19)6-9-2-4-11(17)8-12(9)16/h2-5,7-8,14,20H,6,19H2,1H3. The van der Waals surface area contributed by atoms with Crippen LogP contribution in [0.25, 0.3) is 0 Å². The van der Waals surface area contributed by atoms with E-state index >= 15 is 0 Å². The third kappa shape index (κ3) is 3.69. The number of hydrogen-bond donors (Lipinski definition) is 2. The lowest BCUT2D eigenvalue weighted by molar-refractivity contribution is 0.384. The highest BCUT2D eigenvalue weighted by atomic mass is 35.5. The summed E-state index contributed by atoms with van der Waals surface area (Å²) in [6.07, 6.45) is 0.435. The maximum Gasteiger partial charge on any atom is 0.165 e. The van der Waals surface area contributed by atoms with Gasteiger partial charge in [0.1, 0.15) is 5.82 Å². The van der Waals surface area contributed by atoms with Crippen molar-refractivity contribution >= 4 is 11.6 Å². The maximum absolute atomic E-state index is 13.4. The predicted octanol–water partition coefficient (Wildman–Crippen LogP) is 3.37. The number of methoxy groups -OCH3 is 1. The van der Waals surface area contributed by atoms with Gasteiger partial charge in [0.15, 0.2) is 11.6 Å². The minimum absolute atomic E-state index is 0.137. The molecule has 0 aliphatic carbocycles. The van der Waals surface area contributed by atoms with Crippen molar-refractivity contribution in [2.24, 2.45) is 5.84 Å². The largest absolute Gasteiger partial charge is 0.494 e. The molecule has 2 aromatic carbocycles. The summed E-state index contributed by atoms with van der Waals surface area (Å²) in [4.78, 5) is 0. The SMILES string of the molecule is COc1cc(C(Cc2ccc(F)cc2Cl)NN)ccc1F. The molecule has 0 saturated carbocycles. The molecule has 21 heavy (non-hydrogen) atoms. The lowest BCUT2D eigenvalue weighted by atomic mass is 9.99. The fourth-order valence-corrected chi connectivity index (χ4v) is 2.32. The molecule has 0 radical (unpaired) electrons. The summed E-state index contributed by atoms with van der Waals surface area (Å²) in [6.45, 7) is 0. The minimum atomic E-state index is -0.447. The molecule has 2 rings (SSSR count). The van der Waals surface area contributed by atoms with E-state index in [0.717, 1.165) is 11.1 Å². The number of benzene rings is 2. The molecule has 1 unspecified atom stereocenters. The average molecular weight is 313 g/mol. The van der Waals surface area contributed by atoms with E-state index in [1.807, 2.05) is 0 Å². The van der Waals surface area contributed by atoms with E-state index in [0.29, 0.717) is 11.4 Å². The number of hydrogen-bond acceptors (Lipinski definition) is 3. The van der Waals surface area contributed by atoms with Gasteiger partial charge in [0.2, 0.25) is 0 Å². The smallest absolute Gasteiger partial charge is 0.165 e. The quantitative estimate of drug-likeness (QED) is 0.657. The van der Waals surface area contributed by atoms with Crippen LogP contribution >= 0.6 is 11.6 Å². The van der Waals surface area contributed by atoms with E-state index in [2.05, 4.69) is 5.43 Å². The van der Waals surface area contributed by atoms with Gasteiger partial charge in [-0.15, -0.1) is 0 Å². The number of nitrogens with one attached hydrogen (secondary N) is 1. The lowest BCUT2D eigenvalue weighted by Crippen LogP contribution is -2.29. The van der Waals surface area contributed by atoms with Crippen LogP contribution in [-0.4, -0.2) is 7.11 Å². The predicted molar refractivity (Wildman–Crippen MR) is 78.1 cm³/mol. The summed E-state index contributed by atoms with van der Waals surface area (Å²) in [6, 6.07) is 8.36. The second kappa shape index (κ2) is 6.85. The van der Waals surface area contributed by atoms with Crippen LogP contribution in [0.4, 0.5) is 8.78 Å². The van der Waals surface area contributed by atoms with Crippen molar-refractivity contribution in [3.8, 4) is 5.75 Å². The molecule has 6 heteroatoms. The summed E-state index contributed by atoms with van der Waals surface area (Å²) in [5.41, 5.74) is 4.14. The Morgan fingerprint density at radius 3 is 2.62 bits per heavy atom. The van der Waals surface area contributed by atoms with Gasteiger partial charge in [-0.2, -0.15) is 0 Å². The van der Waals surface area contributed by atoms with Crippen molar-refractivity contribution < 1.29 is 13.5 Å². The van der Waals surface area contributed by atoms with Crippen LogP contribution in [0.5, 0.6) is 5.75 Å². The molecule has 0 aromatic heterocycles. The Balaban J connectivity index is 2.27. The molecule has 0 amide bonds. The van der Waals surface area contributed by atoms with E-state index in [1.165, 1.54) is 25.3 Å². The molecule has 2 aromatic rings. The van der Waals surface area contributed by atoms with Crippen LogP contribution in [0.15, 0.2) is 36.4 Å². The van der Waals surface area contributed by atoms with Gasteiger partial charge in [-0.3, -0.25) is 11.3 Å². The van der Waals surface area contributed by atoms with Crippen LogP contribution in [0.1, 0.15) is 17.2 Å². The van der Waals surface area contributed by atoms with Crippen molar-refractivity contribution in [2.45, 2.75) is 12.5 Å². The molecule has 0 heterocycles. The van der Waals surface area contributed by atoms with Crippen LogP contribution in [-0.2, 0) is 6.42 Å². The van der Waals surface area contributed by atoms with Gasteiger partial charge in [-0.25, -0.2) is 8.78 Å². The molecule has 3 N–H and O–H groups in total. The van der Waals surface area contributed by atoms with Gasteiger partial charge >= 0.3 is 0 Å². The number of ether oxygens (including phenoxy) is 1. The Labute approximate surface area is 126 Å². The van der Waals surface area contributed by atoms with Crippen molar-refractivity contribution in [3.05, 3.63) is 64.2 Å². The molecule has 0 saturated heterocycles. The van der Waals surface area contributed by atoms with E-state index in [9.17, 15) is 8.78 Å². The Morgan fingerprint density at radius 2 is 2.00 bits per heavy atom. The van der Waals surface area contributed by atoms with E-state index in [1.54, 1.807) is 18.2 Å². The van der Waals surface area contributed by atoms with Crippen LogP contribution in [0.2, 0.25) is 5.02 Å². The Morgan fingerprint density at radius 1 is 1.24 bits per heavy atom. The van der Waals surface area contributed by atoms with E-state index in [4.69, 9.17) is 22.2 Å². The zero-order valence-electron chi connectivity index (χ0n) is 11.4. The van der Waals surface area contributed by atoms with Crippen molar-refractivity contribution in [1.29, 1.82) is 0 Å². The van der Waals surface area contributed by atoms with Crippen LogP contribution in [0, 0.1) is 11.6 Å². The number of rotatable bonds is 5. The van der Waals surface area contributed by atoms with Crippen molar-refractivity contribution in [3.63, 3.8) is 0 Å². The fraction of sp³-hybridized carbons (Fsp3) is 0.200. The molecule has 0 spiro atoms. The molecule has 112 valence electrons. The van der Waals surface area contributed by atoms with Gasteiger partial charge in [0, 0.05) is 5.02 Å². The second-order valence-corrected chi connectivity index (χ2v) is 4.96. The molecule has 1 atom stereocenters. The molecular weight excluding hydrogens is 298 g/mol. The molecule has 0 aliphatic rings. The summed E-state index contributed by atoms with van der Waals surface area (Å²) in [5.74, 6) is 4.85. The summed E-state index contributed by atoms with van der Waals surface area (Å²) in [5, 5.41) is 0.323.